The van der Waals surface area contributed by atoms with E-state index in [2.05, 4.69) is 5.32 Å². The van der Waals surface area contributed by atoms with Crippen molar-refractivity contribution in [3.8, 4) is 11.5 Å². The summed E-state index contributed by atoms with van der Waals surface area (Å²) in [5, 5.41) is 14.1. The summed E-state index contributed by atoms with van der Waals surface area (Å²) in [5.74, 6) is 1.23. The van der Waals surface area contributed by atoms with Crippen molar-refractivity contribution in [2.75, 3.05) is 26.1 Å². The van der Waals surface area contributed by atoms with Gasteiger partial charge < -0.3 is 19.9 Å². The molecule has 2 N–H and O–H groups in total. The lowest BCUT2D eigenvalue weighted by Gasteiger charge is -2.24. The van der Waals surface area contributed by atoms with Crippen LogP contribution in [0.15, 0.2) is 12.1 Å². The van der Waals surface area contributed by atoms with Crippen molar-refractivity contribution >= 4 is 17.3 Å². The van der Waals surface area contributed by atoms with E-state index < -0.39 is 5.60 Å². The van der Waals surface area contributed by atoms with Gasteiger partial charge in [0.15, 0.2) is 0 Å². The zero-order chi connectivity index (χ0) is 13.9. The summed E-state index contributed by atoms with van der Waals surface area (Å²) in [6.45, 7) is 0.506. The van der Waals surface area contributed by atoms with Crippen molar-refractivity contribution in [2.45, 2.75) is 31.3 Å². The van der Waals surface area contributed by atoms with E-state index in [0.29, 0.717) is 23.1 Å². The predicted molar refractivity (Wildman–Crippen MR) is 76.5 cm³/mol. The Morgan fingerprint density at radius 2 is 1.84 bits per heavy atom. The Balaban J connectivity index is 2.13. The second kappa shape index (κ2) is 5.88. The molecule has 5 heteroatoms. The zero-order valence-electron chi connectivity index (χ0n) is 11.3. The van der Waals surface area contributed by atoms with Gasteiger partial charge in [0.25, 0.3) is 0 Å². The summed E-state index contributed by atoms with van der Waals surface area (Å²) >= 11 is 6.11. The predicted octanol–water partition coefficient (Wildman–Crippen LogP) is 3.07. The van der Waals surface area contributed by atoms with Crippen molar-refractivity contribution in [1.82, 2.24) is 0 Å². The molecule has 106 valence electrons. The van der Waals surface area contributed by atoms with Gasteiger partial charge in [-0.05, 0) is 18.9 Å². The number of methoxy groups -OCH3 is 2. The van der Waals surface area contributed by atoms with Crippen LogP contribution in [0, 0.1) is 0 Å². The first kappa shape index (κ1) is 14.3. The summed E-state index contributed by atoms with van der Waals surface area (Å²) in [4.78, 5) is 0. The highest BCUT2D eigenvalue weighted by molar-refractivity contribution is 6.32. The Labute approximate surface area is 118 Å². The van der Waals surface area contributed by atoms with Crippen molar-refractivity contribution < 1.29 is 14.6 Å². The van der Waals surface area contributed by atoms with E-state index in [-0.39, 0.29) is 0 Å². The average Bonchev–Trinajstić information content (AvgIpc) is 2.84. The third-order valence-corrected chi connectivity index (χ3v) is 3.91. The Morgan fingerprint density at radius 3 is 2.42 bits per heavy atom. The van der Waals surface area contributed by atoms with E-state index in [4.69, 9.17) is 21.1 Å². The molecule has 2 rings (SSSR count). The number of hydrogen-bond acceptors (Lipinski definition) is 4. The molecule has 1 fully saturated rings. The number of ether oxygens (including phenoxy) is 2. The molecule has 1 aliphatic rings. The summed E-state index contributed by atoms with van der Waals surface area (Å²) in [5.41, 5.74) is 0.158. The quantitative estimate of drug-likeness (QED) is 0.873. The van der Waals surface area contributed by atoms with Gasteiger partial charge in [-0.15, -0.1) is 0 Å². The second-order valence-electron chi connectivity index (χ2n) is 4.97. The maximum Gasteiger partial charge on any atom is 0.145 e. The van der Waals surface area contributed by atoms with E-state index in [1.165, 1.54) is 0 Å². The lowest BCUT2D eigenvalue weighted by atomic mass is 10.0. The Kier molecular flexibility index (Phi) is 4.42. The summed E-state index contributed by atoms with van der Waals surface area (Å²) in [6, 6.07) is 3.50. The van der Waals surface area contributed by atoms with Gasteiger partial charge in [-0.3, -0.25) is 0 Å². The molecule has 0 aromatic heterocycles. The van der Waals surface area contributed by atoms with Crippen LogP contribution in [0.3, 0.4) is 0 Å². The maximum atomic E-state index is 10.3. The molecule has 0 atom stereocenters. The molecule has 0 heterocycles. The van der Waals surface area contributed by atoms with Crippen LogP contribution in [0.25, 0.3) is 0 Å². The van der Waals surface area contributed by atoms with E-state index in [9.17, 15) is 5.11 Å². The van der Waals surface area contributed by atoms with Gasteiger partial charge in [0.1, 0.15) is 11.5 Å². The Bertz CT molecular complexity index is 445. The first-order valence-electron chi connectivity index (χ1n) is 6.46. The summed E-state index contributed by atoms with van der Waals surface area (Å²) < 4.78 is 10.5. The SMILES string of the molecule is COc1cc(OC)c(NCC2(O)CCCC2)cc1Cl. The monoisotopic (exact) mass is 285 g/mol. The molecule has 19 heavy (non-hydrogen) atoms. The Hall–Kier alpha value is -1.13. The first-order chi connectivity index (χ1) is 9.08. The number of benzene rings is 1. The number of rotatable bonds is 5. The third kappa shape index (κ3) is 3.25. The second-order valence-corrected chi connectivity index (χ2v) is 5.38. The largest absolute Gasteiger partial charge is 0.495 e. The van der Waals surface area contributed by atoms with Crippen LogP contribution in [-0.4, -0.2) is 31.5 Å². The molecule has 0 unspecified atom stereocenters. The normalized spacial score (nSPS) is 17.3. The fourth-order valence-electron chi connectivity index (χ4n) is 2.47. The lowest BCUT2D eigenvalue weighted by Crippen LogP contribution is -2.33. The molecule has 0 radical (unpaired) electrons. The van der Waals surface area contributed by atoms with Crippen molar-refractivity contribution in [3.63, 3.8) is 0 Å². The number of hydrogen-bond donors (Lipinski definition) is 2. The average molecular weight is 286 g/mol. The highest BCUT2D eigenvalue weighted by atomic mass is 35.5. The number of nitrogens with one attached hydrogen (secondary N) is 1. The van der Waals surface area contributed by atoms with Gasteiger partial charge in [-0.1, -0.05) is 24.4 Å². The highest BCUT2D eigenvalue weighted by Crippen LogP contribution is 2.37. The standard InChI is InChI=1S/C14H20ClNO3/c1-18-12-8-13(19-2)11(7-10(12)15)16-9-14(17)5-3-4-6-14/h7-8,16-17H,3-6,9H2,1-2H3. The molecule has 0 aliphatic heterocycles. The van der Waals surface area contributed by atoms with Gasteiger partial charge >= 0.3 is 0 Å². The van der Waals surface area contributed by atoms with Crippen molar-refractivity contribution in [2.24, 2.45) is 0 Å². The first-order valence-corrected chi connectivity index (χ1v) is 6.83. The smallest absolute Gasteiger partial charge is 0.145 e. The van der Waals surface area contributed by atoms with Gasteiger partial charge in [0.2, 0.25) is 0 Å². The Morgan fingerprint density at radius 1 is 1.21 bits per heavy atom. The fraction of sp³-hybridized carbons (Fsp3) is 0.571. The molecule has 0 spiro atoms. The van der Waals surface area contributed by atoms with E-state index in [1.54, 1.807) is 26.4 Å². The molecule has 4 nitrogen and oxygen atoms in total. The minimum Gasteiger partial charge on any atom is -0.495 e. The molecule has 1 saturated carbocycles. The van der Waals surface area contributed by atoms with Crippen LogP contribution in [-0.2, 0) is 0 Å². The topological polar surface area (TPSA) is 50.7 Å². The molecule has 0 amide bonds. The molecular weight excluding hydrogens is 266 g/mol. The molecular formula is C14H20ClNO3. The van der Waals surface area contributed by atoms with Crippen LogP contribution >= 0.6 is 11.6 Å². The van der Waals surface area contributed by atoms with Crippen LogP contribution in [0.4, 0.5) is 5.69 Å². The van der Waals surface area contributed by atoms with Gasteiger partial charge in [-0.2, -0.15) is 0 Å². The molecule has 0 bridgehead atoms. The third-order valence-electron chi connectivity index (χ3n) is 3.62. The van der Waals surface area contributed by atoms with Crippen LogP contribution in [0.5, 0.6) is 11.5 Å². The van der Waals surface area contributed by atoms with Crippen molar-refractivity contribution in [1.29, 1.82) is 0 Å². The van der Waals surface area contributed by atoms with Gasteiger partial charge in [0, 0.05) is 12.6 Å². The van der Waals surface area contributed by atoms with E-state index in [1.807, 2.05) is 0 Å². The molecule has 1 aliphatic carbocycles. The number of anilines is 1. The maximum absolute atomic E-state index is 10.3. The minimum atomic E-state index is -0.614. The molecule has 1 aromatic carbocycles. The number of halogens is 1. The summed E-state index contributed by atoms with van der Waals surface area (Å²) in [7, 11) is 3.16. The minimum absolute atomic E-state index is 0.506. The number of aliphatic hydroxyl groups is 1. The zero-order valence-corrected chi connectivity index (χ0v) is 12.1. The fourth-order valence-corrected chi connectivity index (χ4v) is 2.71. The van der Waals surface area contributed by atoms with E-state index in [0.717, 1.165) is 31.4 Å². The van der Waals surface area contributed by atoms with Crippen LogP contribution in [0.1, 0.15) is 25.7 Å². The van der Waals surface area contributed by atoms with Gasteiger partial charge in [-0.25, -0.2) is 0 Å². The van der Waals surface area contributed by atoms with Crippen LogP contribution in [0.2, 0.25) is 5.02 Å². The lowest BCUT2D eigenvalue weighted by molar-refractivity contribution is 0.0614. The molecule has 0 saturated heterocycles. The van der Waals surface area contributed by atoms with Crippen LogP contribution < -0.4 is 14.8 Å². The highest BCUT2D eigenvalue weighted by Gasteiger charge is 2.31. The van der Waals surface area contributed by atoms with Gasteiger partial charge in [0.05, 0.1) is 30.5 Å². The summed E-state index contributed by atoms with van der Waals surface area (Å²) in [6.07, 6.45) is 3.84. The van der Waals surface area contributed by atoms with E-state index >= 15 is 0 Å². The van der Waals surface area contributed by atoms with Crippen molar-refractivity contribution in [3.05, 3.63) is 17.2 Å². The molecule has 1 aromatic rings.